The Labute approximate surface area is 126 Å². The first kappa shape index (κ1) is 15.0. The van der Waals surface area contributed by atoms with E-state index in [9.17, 15) is 4.79 Å². The van der Waals surface area contributed by atoms with Crippen LogP contribution in [0.25, 0.3) is 0 Å². The molecule has 3 fully saturated rings. The number of carboxylic acids is 1. The second-order valence-corrected chi connectivity index (χ2v) is 7.45. The summed E-state index contributed by atoms with van der Waals surface area (Å²) in [6.45, 7) is 7.23. The predicted octanol–water partition coefficient (Wildman–Crippen LogP) is 3.16. The van der Waals surface area contributed by atoms with Crippen molar-refractivity contribution >= 4 is 5.97 Å². The van der Waals surface area contributed by atoms with Crippen LogP contribution in [0.5, 0.6) is 0 Å². The summed E-state index contributed by atoms with van der Waals surface area (Å²) >= 11 is 0. The zero-order valence-electron chi connectivity index (χ0n) is 13.2. The second-order valence-electron chi connectivity index (χ2n) is 7.45. The molecule has 118 valence electrons. The Kier molecular flexibility index (Phi) is 3.65. The quantitative estimate of drug-likeness (QED) is 0.625. The number of aliphatic carboxylic acids is 1. The van der Waals surface area contributed by atoms with E-state index in [1.165, 1.54) is 5.57 Å². The molecule has 3 aliphatic rings. The summed E-state index contributed by atoms with van der Waals surface area (Å²) in [6, 6.07) is 0. The third-order valence-electron chi connectivity index (χ3n) is 5.57. The molecule has 0 amide bonds. The molecule has 21 heavy (non-hydrogen) atoms. The lowest BCUT2D eigenvalue weighted by Crippen LogP contribution is -2.42. The fourth-order valence-electron chi connectivity index (χ4n) is 4.12. The molecule has 0 aromatic carbocycles. The molecular formula is C17H26O4. The lowest BCUT2D eigenvalue weighted by atomic mass is 9.67. The van der Waals surface area contributed by atoms with Crippen LogP contribution in [-0.4, -0.2) is 35.0 Å². The lowest BCUT2D eigenvalue weighted by Gasteiger charge is -2.36. The van der Waals surface area contributed by atoms with Crippen molar-refractivity contribution in [3.8, 4) is 0 Å². The largest absolute Gasteiger partial charge is 0.481 e. The summed E-state index contributed by atoms with van der Waals surface area (Å²) in [6.07, 6.45) is 6.61. The highest BCUT2D eigenvalue weighted by Crippen LogP contribution is 2.59. The van der Waals surface area contributed by atoms with Crippen LogP contribution in [-0.2, 0) is 14.3 Å². The third kappa shape index (κ3) is 2.88. The summed E-state index contributed by atoms with van der Waals surface area (Å²) in [5.41, 5.74) is 1.18. The lowest BCUT2D eigenvalue weighted by molar-refractivity contribution is -0.138. The highest BCUT2D eigenvalue weighted by atomic mass is 16.6. The van der Waals surface area contributed by atoms with Crippen molar-refractivity contribution in [1.29, 1.82) is 0 Å². The standard InChI is InChI=1S/C17H26O4/c1-11(2)4-5-14-16(3,21-14)13-8-12(9-15(18)19)6-7-17(13)10-20-17/h4,12-14H,5-10H2,1-3H3,(H,18,19). The normalized spacial score (nSPS) is 44.4. The van der Waals surface area contributed by atoms with E-state index in [1.54, 1.807) is 0 Å². The number of carbonyl (C=O) groups is 1. The first-order chi connectivity index (χ1) is 9.86. The molecule has 4 heteroatoms. The topological polar surface area (TPSA) is 62.4 Å². The van der Waals surface area contributed by atoms with Crippen LogP contribution >= 0.6 is 0 Å². The minimum absolute atomic E-state index is 0.0104. The van der Waals surface area contributed by atoms with Crippen molar-refractivity contribution in [1.82, 2.24) is 0 Å². The zero-order valence-corrected chi connectivity index (χ0v) is 13.2. The van der Waals surface area contributed by atoms with Gasteiger partial charge < -0.3 is 14.6 Å². The Hall–Kier alpha value is -0.870. The number of carboxylic acid groups (broad SMARTS) is 1. The van der Waals surface area contributed by atoms with Crippen LogP contribution in [0.3, 0.4) is 0 Å². The highest BCUT2D eigenvalue weighted by molar-refractivity contribution is 5.67. The number of hydrogen-bond acceptors (Lipinski definition) is 3. The molecule has 2 aliphatic heterocycles. The molecule has 5 unspecified atom stereocenters. The van der Waals surface area contributed by atoms with E-state index < -0.39 is 5.97 Å². The van der Waals surface area contributed by atoms with E-state index in [2.05, 4.69) is 26.8 Å². The average molecular weight is 294 g/mol. The van der Waals surface area contributed by atoms with Gasteiger partial charge in [-0.2, -0.15) is 0 Å². The van der Waals surface area contributed by atoms with Gasteiger partial charge >= 0.3 is 5.97 Å². The van der Waals surface area contributed by atoms with Gasteiger partial charge in [0.15, 0.2) is 0 Å². The Morgan fingerprint density at radius 1 is 1.43 bits per heavy atom. The smallest absolute Gasteiger partial charge is 0.303 e. The van der Waals surface area contributed by atoms with Crippen LogP contribution in [0.15, 0.2) is 11.6 Å². The molecule has 1 N–H and O–H groups in total. The molecule has 0 bridgehead atoms. The van der Waals surface area contributed by atoms with E-state index in [1.807, 2.05) is 0 Å². The number of allylic oxidation sites excluding steroid dienone is 1. The molecule has 2 saturated heterocycles. The van der Waals surface area contributed by atoms with Crippen molar-refractivity contribution in [3.05, 3.63) is 11.6 Å². The zero-order chi connectivity index (χ0) is 15.3. The van der Waals surface area contributed by atoms with Crippen molar-refractivity contribution in [2.24, 2.45) is 11.8 Å². The van der Waals surface area contributed by atoms with Gasteiger partial charge in [0.05, 0.1) is 23.9 Å². The number of rotatable bonds is 5. The maximum Gasteiger partial charge on any atom is 0.303 e. The molecular weight excluding hydrogens is 268 g/mol. The van der Waals surface area contributed by atoms with Gasteiger partial charge in [-0.15, -0.1) is 0 Å². The van der Waals surface area contributed by atoms with Gasteiger partial charge in [-0.25, -0.2) is 0 Å². The summed E-state index contributed by atoms with van der Waals surface area (Å²) in [7, 11) is 0. The summed E-state index contributed by atoms with van der Waals surface area (Å²) < 4.78 is 11.9. The van der Waals surface area contributed by atoms with E-state index in [0.29, 0.717) is 5.92 Å². The van der Waals surface area contributed by atoms with Gasteiger partial charge in [-0.05, 0) is 52.4 Å². The predicted molar refractivity (Wildman–Crippen MR) is 79.1 cm³/mol. The molecule has 0 radical (unpaired) electrons. The molecule has 0 aromatic rings. The van der Waals surface area contributed by atoms with Crippen molar-refractivity contribution in [2.45, 2.75) is 70.2 Å². The van der Waals surface area contributed by atoms with Crippen LogP contribution < -0.4 is 0 Å². The SMILES string of the molecule is CC(C)=CCC1OC1(C)C1CC(CC(=O)O)CCC12CO2. The highest BCUT2D eigenvalue weighted by Gasteiger charge is 2.68. The van der Waals surface area contributed by atoms with E-state index >= 15 is 0 Å². The average Bonchev–Trinajstić information content (AvgIpc) is 3.28. The fraction of sp³-hybridized carbons (Fsp3) is 0.824. The minimum Gasteiger partial charge on any atom is -0.481 e. The number of hydrogen-bond donors (Lipinski definition) is 1. The van der Waals surface area contributed by atoms with Crippen molar-refractivity contribution in [3.63, 3.8) is 0 Å². The molecule has 4 nitrogen and oxygen atoms in total. The maximum absolute atomic E-state index is 11.0. The van der Waals surface area contributed by atoms with Gasteiger partial charge in [0.1, 0.15) is 0 Å². The van der Waals surface area contributed by atoms with Gasteiger partial charge in [0, 0.05) is 12.3 Å². The molecule has 5 atom stereocenters. The molecule has 1 aliphatic carbocycles. The Morgan fingerprint density at radius 3 is 2.71 bits per heavy atom. The van der Waals surface area contributed by atoms with Crippen LogP contribution in [0.2, 0.25) is 0 Å². The van der Waals surface area contributed by atoms with Crippen molar-refractivity contribution in [2.75, 3.05) is 6.61 Å². The van der Waals surface area contributed by atoms with Gasteiger partial charge in [0.25, 0.3) is 0 Å². The fourth-order valence-corrected chi connectivity index (χ4v) is 4.12. The summed E-state index contributed by atoms with van der Waals surface area (Å²) in [5.74, 6) is -0.0690. The number of ether oxygens (including phenoxy) is 2. The maximum atomic E-state index is 11.0. The third-order valence-corrected chi connectivity index (χ3v) is 5.57. The number of epoxide rings is 2. The molecule has 1 spiro atoms. The first-order valence-corrected chi connectivity index (χ1v) is 8.03. The van der Waals surface area contributed by atoms with Crippen LogP contribution in [0, 0.1) is 11.8 Å². The molecule has 0 aromatic heterocycles. The molecule has 1 saturated carbocycles. The first-order valence-electron chi connectivity index (χ1n) is 8.03. The Morgan fingerprint density at radius 2 is 2.14 bits per heavy atom. The second kappa shape index (κ2) is 5.10. The van der Waals surface area contributed by atoms with E-state index in [4.69, 9.17) is 14.6 Å². The molecule has 2 heterocycles. The monoisotopic (exact) mass is 294 g/mol. The van der Waals surface area contributed by atoms with Crippen molar-refractivity contribution < 1.29 is 19.4 Å². The Bertz CT molecular complexity index is 461. The Balaban J connectivity index is 1.67. The van der Waals surface area contributed by atoms with Gasteiger partial charge in [-0.3, -0.25) is 4.79 Å². The van der Waals surface area contributed by atoms with Crippen LogP contribution in [0.1, 0.15) is 52.9 Å². The van der Waals surface area contributed by atoms with Gasteiger partial charge in [0.2, 0.25) is 0 Å². The molecule has 3 rings (SSSR count). The van der Waals surface area contributed by atoms with E-state index in [0.717, 1.165) is 32.3 Å². The van der Waals surface area contributed by atoms with E-state index in [-0.39, 0.29) is 29.6 Å². The summed E-state index contributed by atoms with van der Waals surface area (Å²) in [5, 5.41) is 9.04. The minimum atomic E-state index is -0.686. The van der Waals surface area contributed by atoms with Gasteiger partial charge in [-0.1, -0.05) is 11.6 Å². The summed E-state index contributed by atoms with van der Waals surface area (Å²) in [4.78, 5) is 11.0. The van der Waals surface area contributed by atoms with Crippen LogP contribution in [0.4, 0.5) is 0 Å².